The van der Waals surface area contributed by atoms with Gasteiger partial charge in [0.2, 0.25) is 0 Å². The Morgan fingerprint density at radius 1 is 1.33 bits per heavy atom. The molecular weight excluding hydrogens is 301 g/mol. The Hall–Kier alpha value is -0.950. The quantitative estimate of drug-likeness (QED) is 0.801. The van der Waals surface area contributed by atoms with E-state index in [4.69, 9.17) is 5.73 Å². The number of Topliss-reactive ketones (excluding diaryl/α,β-unsaturated/α-hetero) is 1. The van der Waals surface area contributed by atoms with Gasteiger partial charge in [-0.3, -0.25) is 4.79 Å². The highest BCUT2D eigenvalue weighted by Gasteiger charge is 2.35. The molecule has 1 unspecified atom stereocenters. The second-order valence-electron chi connectivity index (χ2n) is 6.13. The van der Waals surface area contributed by atoms with Crippen molar-refractivity contribution in [2.24, 2.45) is 17.1 Å². The number of thiazole rings is 1. The van der Waals surface area contributed by atoms with Crippen LogP contribution in [-0.4, -0.2) is 17.3 Å². The smallest absolute Gasteiger partial charge is 0.330 e. The van der Waals surface area contributed by atoms with E-state index in [9.17, 15) is 18.0 Å². The van der Waals surface area contributed by atoms with Crippen LogP contribution in [0, 0.1) is 11.3 Å². The van der Waals surface area contributed by atoms with Crippen molar-refractivity contribution in [3.63, 3.8) is 0 Å². The maximum absolute atomic E-state index is 12.5. The molecule has 1 heterocycles. The molecular formula is C14H21F3N2OS. The molecule has 0 aliphatic carbocycles. The van der Waals surface area contributed by atoms with Crippen LogP contribution in [0.1, 0.15) is 54.7 Å². The van der Waals surface area contributed by atoms with E-state index in [1.54, 1.807) is 0 Å². The van der Waals surface area contributed by atoms with Crippen LogP contribution in [0.25, 0.3) is 0 Å². The molecule has 120 valence electrons. The van der Waals surface area contributed by atoms with Gasteiger partial charge in [0.05, 0.1) is 4.88 Å². The molecule has 0 radical (unpaired) electrons. The van der Waals surface area contributed by atoms with E-state index >= 15 is 0 Å². The Morgan fingerprint density at radius 2 is 1.95 bits per heavy atom. The van der Waals surface area contributed by atoms with Gasteiger partial charge < -0.3 is 5.73 Å². The van der Waals surface area contributed by atoms with Gasteiger partial charge in [0.1, 0.15) is 0 Å². The second-order valence-corrected chi connectivity index (χ2v) is 7.16. The third kappa shape index (κ3) is 5.39. The molecule has 0 saturated heterocycles. The maximum atomic E-state index is 12.5. The zero-order valence-corrected chi connectivity index (χ0v) is 13.3. The fourth-order valence-corrected chi connectivity index (χ4v) is 2.92. The molecule has 1 aromatic rings. The zero-order chi connectivity index (χ0) is 16.3. The van der Waals surface area contributed by atoms with Crippen LogP contribution in [0.2, 0.25) is 0 Å². The molecule has 1 atom stereocenters. The zero-order valence-electron chi connectivity index (χ0n) is 12.5. The number of halogens is 3. The van der Waals surface area contributed by atoms with E-state index in [1.807, 2.05) is 0 Å². The van der Waals surface area contributed by atoms with Crippen molar-refractivity contribution in [1.82, 2.24) is 4.98 Å². The molecule has 0 aliphatic heterocycles. The first kappa shape index (κ1) is 18.1. The highest BCUT2D eigenvalue weighted by molar-refractivity contribution is 7.13. The molecule has 3 nitrogen and oxygen atoms in total. The van der Waals surface area contributed by atoms with E-state index in [-0.39, 0.29) is 28.4 Å². The van der Waals surface area contributed by atoms with Gasteiger partial charge in [-0.1, -0.05) is 20.8 Å². The molecule has 0 amide bonds. The van der Waals surface area contributed by atoms with Crippen LogP contribution in [-0.2, 0) is 6.18 Å². The lowest BCUT2D eigenvalue weighted by atomic mass is 9.76. The topological polar surface area (TPSA) is 56.0 Å². The molecule has 1 rings (SSSR count). The first-order valence-electron chi connectivity index (χ1n) is 6.82. The van der Waals surface area contributed by atoms with Crippen LogP contribution in [0.15, 0.2) is 6.20 Å². The van der Waals surface area contributed by atoms with E-state index < -0.39 is 11.2 Å². The Bertz CT molecular complexity index is 477. The fourth-order valence-electron chi connectivity index (χ4n) is 2.17. The van der Waals surface area contributed by atoms with Crippen molar-refractivity contribution in [1.29, 1.82) is 0 Å². The lowest BCUT2D eigenvalue weighted by Gasteiger charge is -2.30. The number of carbonyl (C=O) groups is 1. The number of nitrogens with two attached hydrogens (primary N) is 1. The Kier molecular flexibility index (Phi) is 5.92. The lowest BCUT2D eigenvalue weighted by Crippen LogP contribution is -2.24. The van der Waals surface area contributed by atoms with Gasteiger partial charge in [-0.25, -0.2) is 4.98 Å². The number of alkyl halides is 3. The van der Waals surface area contributed by atoms with Crippen molar-refractivity contribution in [2.75, 3.05) is 6.54 Å². The molecule has 0 aromatic carbocycles. The highest BCUT2D eigenvalue weighted by atomic mass is 32.1. The summed E-state index contributed by atoms with van der Waals surface area (Å²) in [6, 6.07) is 0. The first-order valence-corrected chi connectivity index (χ1v) is 7.63. The Labute approximate surface area is 126 Å². The van der Waals surface area contributed by atoms with Gasteiger partial charge in [-0.15, -0.1) is 11.3 Å². The highest BCUT2D eigenvalue weighted by Crippen LogP contribution is 2.35. The lowest BCUT2D eigenvalue weighted by molar-refractivity contribution is -0.137. The van der Waals surface area contributed by atoms with Crippen molar-refractivity contribution < 1.29 is 18.0 Å². The Morgan fingerprint density at radius 3 is 2.38 bits per heavy atom. The van der Waals surface area contributed by atoms with Crippen molar-refractivity contribution in [2.45, 2.75) is 46.2 Å². The van der Waals surface area contributed by atoms with Crippen molar-refractivity contribution in [3.05, 3.63) is 16.1 Å². The van der Waals surface area contributed by atoms with Crippen LogP contribution in [0.3, 0.4) is 0 Å². The molecule has 0 aliphatic rings. The fraction of sp³-hybridized carbons (Fsp3) is 0.714. The summed E-state index contributed by atoms with van der Waals surface area (Å²) in [4.78, 5) is 15.3. The molecule has 0 spiro atoms. The molecule has 0 saturated carbocycles. The monoisotopic (exact) mass is 322 g/mol. The number of hydrogen-bond donors (Lipinski definition) is 1. The summed E-state index contributed by atoms with van der Waals surface area (Å²) < 4.78 is 37.4. The number of carbonyl (C=O) groups excluding carboxylic acids is 1. The number of hydrogen-bond acceptors (Lipinski definition) is 4. The van der Waals surface area contributed by atoms with Gasteiger partial charge in [0, 0.05) is 12.6 Å². The largest absolute Gasteiger partial charge is 0.443 e. The summed E-state index contributed by atoms with van der Waals surface area (Å²) in [6.07, 6.45) is -1.82. The van der Waals surface area contributed by atoms with Crippen LogP contribution in [0.5, 0.6) is 0 Å². The van der Waals surface area contributed by atoms with Gasteiger partial charge in [0.15, 0.2) is 10.8 Å². The molecule has 21 heavy (non-hydrogen) atoms. The van der Waals surface area contributed by atoms with E-state index in [0.717, 1.165) is 12.6 Å². The van der Waals surface area contributed by atoms with Crippen LogP contribution in [0.4, 0.5) is 13.2 Å². The molecule has 0 fully saturated rings. The number of aromatic nitrogens is 1. The van der Waals surface area contributed by atoms with E-state index in [0.29, 0.717) is 24.3 Å². The van der Waals surface area contributed by atoms with Crippen molar-refractivity contribution >= 4 is 17.1 Å². The van der Waals surface area contributed by atoms with Crippen LogP contribution >= 0.6 is 11.3 Å². The molecule has 7 heteroatoms. The summed E-state index contributed by atoms with van der Waals surface area (Å²) in [7, 11) is 0. The summed E-state index contributed by atoms with van der Waals surface area (Å²) in [5.74, 6) is -0.0178. The minimum atomic E-state index is -4.49. The Balaban J connectivity index is 2.67. The van der Waals surface area contributed by atoms with E-state index in [1.165, 1.54) is 0 Å². The summed E-state index contributed by atoms with van der Waals surface area (Å²) in [6.45, 7) is 6.76. The van der Waals surface area contributed by atoms with Crippen LogP contribution < -0.4 is 5.73 Å². The van der Waals surface area contributed by atoms with Gasteiger partial charge >= 0.3 is 6.18 Å². The van der Waals surface area contributed by atoms with E-state index in [2.05, 4.69) is 25.8 Å². The SMILES string of the molecule is CC(C)(C)C(CCN)CCC(=O)c1cnc(C(F)(F)F)s1. The molecule has 2 N–H and O–H groups in total. The second kappa shape index (κ2) is 6.87. The molecule has 1 aromatic heterocycles. The normalized spacial score (nSPS) is 14.2. The van der Waals surface area contributed by atoms with Gasteiger partial charge in [0.25, 0.3) is 0 Å². The minimum Gasteiger partial charge on any atom is -0.330 e. The standard InChI is InChI=1S/C14H21F3N2OS/c1-13(2,3)9(6-7-18)4-5-10(20)11-8-19-12(21-11)14(15,16)17/h8-9H,4-7,18H2,1-3H3. The third-order valence-corrected chi connectivity index (χ3v) is 4.57. The minimum absolute atomic E-state index is 0.0183. The predicted molar refractivity (Wildman–Crippen MR) is 77.3 cm³/mol. The average Bonchev–Trinajstić information content (AvgIpc) is 2.81. The van der Waals surface area contributed by atoms with Crippen molar-refractivity contribution in [3.8, 4) is 0 Å². The van der Waals surface area contributed by atoms with Gasteiger partial charge in [-0.2, -0.15) is 13.2 Å². The number of ketones is 1. The average molecular weight is 322 g/mol. The summed E-state index contributed by atoms with van der Waals surface area (Å²) in [5.41, 5.74) is 5.60. The molecule has 0 bridgehead atoms. The number of rotatable bonds is 6. The first-order chi connectivity index (χ1) is 9.55. The maximum Gasteiger partial charge on any atom is 0.443 e. The number of nitrogens with zero attached hydrogens (tertiary/aromatic N) is 1. The third-order valence-electron chi connectivity index (χ3n) is 3.48. The predicted octanol–water partition coefficient (Wildman–Crippen LogP) is 4.14. The van der Waals surface area contributed by atoms with Gasteiger partial charge in [-0.05, 0) is 30.7 Å². The summed E-state index contributed by atoms with van der Waals surface area (Å²) >= 11 is 0.410. The summed E-state index contributed by atoms with van der Waals surface area (Å²) in [5, 5.41) is -0.972.